The van der Waals surface area contributed by atoms with Crippen LogP contribution in [0.15, 0.2) is 29.6 Å². The Bertz CT molecular complexity index is 784. The highest BCUT2D eigenvalue weighted by Gasteiger charge is 2.09. The lowest BCUT2D eigenvalue weighted by atomic mass is 10.1. The SMILES string of the molecule is Cc1ccc(OCc2nc(NN)c3ccsc3n2)c(C)c1. The Balaban J connectivity index is 1.84. The number of ether oxygens (including phenoxy) is 1. The van der Waals surface area contributed by atoms with Crippen molar-refractivity contribution >= 4 is 27.4 Å². The first kappa shape index (κ1) is 13.8. The number of hydrogen-bond donors (Lipinski definition) is 2. The predicted molar refractivity (Wildman–Crippen MR) is 85.5 cm³/mol. The number of rotatable bonds is 4. The molecule has 0 aliphatic rings. The molecule has 3 aromatic rings. The third kappa shape index (κ3) is 2.81. The number of anilines is 1. The normalized spacial score (nSPS) is 10.8. The van der Waals surface area contributed by atoms with Crippen molar-refractivity contribution in [3.05, 3.63) is 46.6 Å². The first-order chi connectivity index (χ1) is 10.2. The van der Waals surface area contributed by atoms with Crippen molar-refractivity contribution < 1.29 is 4.74 Å². The van der Waals surface area contributed by atoms with Crippen LogP contribution < -0.4 is 16.0 Å². The Morgan fingerprint density at radius 3 is 2.86 bits per heavy atom. The maximum absolute atomic E-state index is 5.81. The fourth-order valence-corrected chi connectivity index (χ4v) is 2.96. The van der Waals surface area contributed by atoms with Crippen molar-refractivity contribution in [3.63, 3.8) is 0 Å². The van der Waals surface area contributed by atoms with Crippen molar-refractivity contribution in [1.29, 1.82) is 0 Å². The van der Waals surface area contributed by atoms with Crippen LogP contribution in [0.4, 0.5) is 5.82 Å². The summed E-state index contributed by atoms with van der Waals surface area (Å²) in [7, 11) is 0. The Kier molecular flexibility index (Phi) is 3.72. The van der Waals surface area contributed by atoms with E-state index in [4.69, 9.17) is 10.6 Å². The molecule has 0 fully saturated rings. The Morgan fingerprint density at radius 1 is 1.24 bits per heavy atom. The first-order valence-corrected chi connectivity index (χ1v) is 7.46. The van der Waals surface area contributed by atoms with Gasteiger partial charge in [-0.15, -0.1) is 11.3 Å². The van der Waals surface area contributed by atoms with Gasteiger partial charge in [-0.25, -0.2) is 15.8 Å². The number of hydrazine groups is 1. The lowest BCUT2D eigenvalue weighted by molar-refractivity contribution is 0.294. The van der Waals surface area contributed by atoms with Crippen LogP contribution in [0.5, 0.6) is 5.75 Å². The molecule has 5 nitrogen and oxygen atoms in total. The molecule has 0 unspecified atom stereocenters. The average molecular weight is 300 g/mol. The summed E-state index contributed by atoms with van der Waals surface area (Å²) in [5.41, 5.74) is 4.93. The van der Waals surface area contributed by atoms with E-state index in [1.807, 2.05) is 30.5 Å². The fourth-order valence-electron chi connectivity index (χ4n) is 2.18. The Hall–Kier alpha value is -2.18. The molecule has 0 aliphatic carbocycles. The number of nitrogens with zero attached hydrogens (tertiary/aromatic N) is 2. The molecule has 0 aliphatic heterocycles. The molecule has 0 spiro atoms. The lowest BCUT2D eigenvalue weighted by Gasteiger charge is -2.10. The summed E-state index contributed by atoms with van der Waals surface area (Å²) in [6, 6.07) is 8.03. The van der Waals surface area contributed by atoms with Gasteiger partial charge in [0.05, 0.1) is 5.39 Å². The smallest absolute Gasteiger partial charge is 0.169 e. The maximum Gasteiger partial charge on any atom is 0.169 e. The molecule has 0 saturated heterocycles. The number of aryl methyl sites for hydroxylation is 2. The molecule has 0 bridgehead atoms. The summed E-state index contributed by atoms with van der Waals surface area (Å²) >= 11 is 1.56. The van der Waals surface area contributed by atoms with Crippen LogP contribution in [0.25, 0.3) is 10.2 Å². The van der Waals surface area contributed by atoms with Crippen LogP contribution in [0.1, 0.15) is 17.0 Å². The third-order valence-corrected chi connectivity index (χ3v) is 4.00. The molecule has 3 rings (SSSR count). The largest absolute Gasteiger partial charge is 0.485 e. The minimum absolute atomic E-state index is 0.312. The number of hydrogen-bond acceptors (Lipinski definition) is 6. The second-order valence-electron chi connectivity index (χ2n) is 4.83. The van der Waals surface area contributed by atoms with Gasteiger partial charge in [0.1, 0.15) is 17.2 Å². The van der Waals surface area contributed by atoms with Gasteiger partial charge in [0, 0.05) is 0 Å². The Morgan fingerprint density at radius 2 is 2.10 bits per heavy atom. The summed E-state index contributed by atoms with van der Waals surface area (Å²) in [5, 5.41) is 2.90. The van der Waals surface area contributed by atoms with Gasteiger partial charge >= 0.3 is 0 Å². The highest BCUT2D eigenvalue weighted by molar-refractivity contribution is 7.16. The van der Waals surface area contributed by atoms with Gasteiger partial charge in [0.2, 0.25) is 0 Å². The summed E-state index contributed by atoms with van der Waals surface area (Å²) in [6.45, 7) is 4.40. The number of fused-ring (bicyclic) bond motifs is 1. The standard InChI is InChI=1S/C15H16N4OS/c1-9-3-4-12(10(2)7-9)20-8-13-17-14(19-16)11-5-6-21-15(11)18-13/h3-7H,8,16H2,1-2H3,(H,17,18,19). The van der Waals surface area contributed by atoms with E-state index in [2.05, 4.69) is 28.4 Å². The fraction of sp³-hybridized carbons (Fsp3) is 0.200. The van der Waals surface area contributed by atoms with Crippen molar-refractivity contribution in [1.82, 2.24) is 9.97 Å². The van der Waals surface area contributed by atoms with E-state index in [1.54, 1.807) is 11.3 Å². The molecule has 0 saturated carbocycles. The molecule has 2 aromatic heterocycles. The number of nitrogens with one attached hydrogen (secondary N) is 1. The van der Waals surface area contributed by atoms with Crippen LogP contribution in [0.3, 0.4) is 0 Å². The van der Waals surface area contributed by atoms with Crippen LogP contribution in [-0.4, -0.2) is 9.97 Å². The molecular formula is C15H16N4OS. The number of thiophene rings is 1. The van der Waals surface area contributed by atoms with E-state index in [0.717, 1.165) is 21.5 Å². The first-order valence-electron chi connectivity index (χ1n) is 6.58. The van der Waals surface area contributed by atoms with E-state index < -0.39 is 0 Å². The molecular weight excluding hydrogens is 284 g/mol. The van der Waals surface area contributed by atoms with Gasteiger partial charge < -0.3 is 10.2 Å². The molecule has 0 radical (unpaired) electrons. The van der Waals surface area contributed by atoms with Crippen LogP contribution in [0, 0.1) is 13.8 Å². The molecule has 0 atom stereocenters. The average Bonchev–Trinajstić information content (AvgIpc) is 2.93. The van der Waals surface area contributed by atoms with Gasteiger partial charge in [-0.05, 0) is 36.9 Å². The number of nitrogen functional groups attached to an aromatic ring is 1. The van der Waals surface area contributed by atoms with Gasteiger partial charge in [-0.3, -0.25) is 0 Å². The van der Waals surface area contributed by atoms with Crippen molar-refractivity contribution in [2.75, 3.05) is 5.43 Å². The Labute approximate surface area is 126 Å². The second kappa shape index (κ2) is 5.67. The summed E-state index contributed by atoms with van der Waals surface area (Å²) in [6.07, 6.45) is 0. The van der Waals surface area contributed by atoms with Crippen LogP contribution >= 0.6 is 11.3 Å². The van der Waals surface area contributed by atoms with Gasteiger partial charge in [-0.2, -0.15) is 0 Å². The van der Waals surface area contributed by atoms with Crippen molar-refractivity contribution in [2.45, 2.75) is 20.5 Å². The molecule has 1 aromatic carbocycles. The van der Waals surface area contributed by atoms with Crippen LogP contribution in [0.2, 0.25) is 0 Å². The highest BCUT2D eigenvalue weighted by atomic mass is 32.1. The monoisotopic (exact) mass is 300 g/mol. The van der Waals surface area contributed by atoms with Crippen molar-refractivity contribution in [2.24, 2.45) is 5.84 Å². The minimum atomic E-state index is 0.312. The zero-order valence-corrected chi connectivity index (χ0v) is 12.7. The van der Waals surface area contributed by atoms with E-state index >= 15 is 0 Å². The van der Waals surface area contributed by atoms with E-state index in [0.29, 0.717) is 18.2 Å². The molecule has 6 heteroatoms. The quantitative estimate of drug-likeness (QED) is 0.572. The summed E-state index contributed by atoms with van der Waals surface area (Å²) in [4.78, 5) is 9.78. The summed E-state index contributed by atoms with van der Waals surface area (Å²) in [5.74, 6) is 7.60. The predicted octanol–water partition coefficient (Wildman–Crippen LogP) is 3.17. The van der Waals surface area contributed by atoms with Crippen LogP contribution in [-0.2, 0) is 6.61 Å². The molecule has 21 heavy (non-hydrogen) atoms. The lowest BCUT2D eigenvalue weighted by Crippen LogP contribution is -2.11. The third-order valence-electron chi connectivity index (χ3n) is 3.20. The molecule has 2 heterocycles. The summed E-state index contributed by atoms with van der Waals surface area (Å²) < 4.78 is 5.81. The van der Waals surface area contributed by atoms with E-state index in [9.17, 15) is 0 Å². The zero-order chi connectivity index (χ0) is 14.8. The number of benzene rings is 1. The zero-order valence-electron chi connectivity index (χ0n) is 11.9. The minimum Gasteiger partial charge on any atom is -0.485 e. The highest BCUT2D eigenvalue weighted by Crippen LogP contribution is 2.25. The number of nitrogens with two attached hydrogens (primary N) is 1. The number of aromatic nitrogens is 2. The van der Waals surface area contributed by atoms with Crippen molar-refractivity contribution in [3.8, 4) is 5.75 Å². The second-order valence-corrected chi connectivity index (χ2v) is 5.72. The molecule has 108 valence electrons. The van der Waals surface area contributed by atoms with E-state index in [-0.39, 0.29) is 0 Å². The maximum atomic E-state index is 5.81. The topological polar surface area (TPSA) is 73.1 Å². The molecule has 0 amide bonds. The van der Waals surface area contributed by atoms with Gasteiger partial charge in [0.15, 0.2) is 11.6 Å². The van der Waals surface area contributed by atoms with Gasteiger partial charge in [0.25, 0.3) is 0 Å². The van der Waals surface area contributed by atoms with E-state index in [1.165, 1.54) is 5.56 Å². The molecule has 3 N–H and O–H groups in total. The van der Waals surface area contributed by atoms with Gasteiger partial charge in [-0.1, -0.05) is 17.7 Å².